The summed E-state index contributed by atoms with van der Waals surface area (Å²) >= 11 is 0. The maximum atomic E-state index is 11.7. The highest BCUT2D eigenvalue weighted by Crippen LogP contribution is 2.19. The minimum absolute atomic E-state index is 0.139. The Morgan fingerprint density at radius 1 is 1.59 bits per heavy atom. The molecular formula is C11H17N3O3. The molecule has 1 saturated heterocycles. The summed E-state index contributed by atoms with van der Waals surface area (Å²) in [5.74, 6) is 0.0428. The van der Waals surface area contributed by atoms with Crippen molar-refractivity contribution in [2.24, 2.45) is 11.0 Å². The number of carbonyl (C=O) groups excluding carboxylic acids is 2. The fourth-order valence-electron chi connectivity index (χ4n) is 2.01. The van der Waals surface area contributed by atoms with Gasteiger partial charge in [-0.1, -0.05) is 0 Å². The molecule has 2 aliphatic heterocycles. The summed E-state index contributed by atoms with van der Waals surface area (Å²) in [5, 5.41) is 6.59. The lowest BCUT2D eigenvalue weighted by molar-refractivity contribution is -0.121. The molecule has 0 aromatic rings. The van der Waals surface area contributed by atoms with Crippen molar-refractivity contribution in [2.75, 3.05) is 13.2 Å². The van der Waals surface area contributed by atoms with E-state index in [9.17, 15) is 9.59 Å². The average molecular weight is 239 g/mol. The lowest BCUT2D eigenvalue weighted by atomic mass is 10.0. The number of nitrogens with zero attached hydrogens (tertiary/aromatic N) is 1. The minimum atomic E-state index is -0.191. The van der Waals surface area contributed by atoms with Crippen LogP contribution in [0.5, 0.6) is 0 Å². The Labute approximate surface area is 99.8 Å². The summed E-state index contributed by atoms with van der Waals surface area (Å²) in [5.41, 5.74) is 2.71. The predicted molar refractivity (Wildman–Crippen MR) is 61.3 cm³/mol. The van der Waals surface area contributed by atoms with Gasteiger partial charge in [-0.3, -0.25) is 9.59 Å². The lowest BCUT2D eigenvalue weighted by Crippen LogP contribution is -2.39. The zero-order valence-electron chi connectivity index (χ0n) is 9.86. The maximum absolute atomic E-state index is 11.7. The molecule has 2 rings (SSSR count). The molecule has 17 heavy (non-hydrogen) atoms. The van der Waals surface area contributed by atoms with Gasteiger partial charge in [0, 0.05) is 31.9 Å². The van der Waals surface area contributed by atoms with E-state index in [1.165, 1.54) is 0 Å². The number of amides is 2. The Morgan fingerprint density at radius 2 is 2.41 bits per heavy atom. The van der Waals surface area contributed by atoms with Gasteiger partial charge in [-0.15, -0.1) is 0 Å². The van der Waals surface area contributed by atoms with Gasteiger partial charge in [0.2, 0.25) is 5.91 Å². The molecule has 1 fully saturated rings. The molecule has 0 radical (unpaired) electrons. The first kappa shape index (κ1) is 12.0. The molecule has 0 spiro atoms. The standard InChI is InChI=1S/C11H17N3O3/c1-7-8(4-5-17-7)6-12-11(16)9-2-3-10(15)14-13-9/h7-8H,2-6H2,1H3,(H,12,16)(H,14,15). The van der Waals surface area contributed by atoms with Crippen LogP contribution in [0.4, 0.5) is 0 Å². The zero-order valence-corrected chi connectivity index (χ0v) is 9.86. The monoisotopic (exact) mass is 239 g/mol. The van der Waals surface area contributed by atoms with Crippen LogP contribution >= 0.6 is 0 Å². The summed E-state index contributed by atoms with van der Waals surface area (Å²) in [6.45, 7) is 3.38. The van der Waals surface area contributed by atoms with Gasteiger partial charge >= 0.3 is 0 Å². The molecule has 2 heterocycles. The van der Waals surface area contributed by atoms with Crippen molar-refractivity contribution >= 4 is 17.5 Å². The molecule has 6 nitrogen and oxygen atoms in total. The van der Waals surface area contributed by atoms with Gasteiger partial charge in [-0.05, 0) is 13.3 Å². The lowest BCUT2D eigenvalue weighted by Gasteiger charge is -2.16. The van der Waals surface area contributed by atoms with Crippen LogP contribution in [0.3, 0.4) is 0 Å². The van der Waals surface area contributed by atoms with E-state index < -0.39 is 0 Å². The van der Waals surface area contributed by atoms with Gasteiger partial charge < -0.3 is 10.1 Å². The SMILES string of the molecule is CC1OCCC1CNC(=O)C1=NNC(=O)CC1. The third-order valence-corrected chi connectivity index (χ3v) is 3.22. The van der Waals surface area contributed by atoms with Crippen molar-refractivity contribution in [3.63, 3.8) is 0 Å². The largest absolute Gasteiger partial charge is 0.378 e. The van der Waals surface area contributed by atoms with Gasteiger partial charge in [0.15, 0.2) is 0 Å². The third-order valence-electron chi connectivity index (χ3n) is 3.22. The molecular weight excluding hydrogens is 222 g/mol. The molecule has 0 bridgehead atoms. The Bertz CT molecular complexity index is 354. The van der Waals surface area contributed by atoms with Gasteiger partial charge in [-0.25, -0.2) is 5.43 Å². The first-order valence-electron chi connectivity index (χ1n) is 5.92. The second-order valence-corrected chi connectivity index (χ2v) is 4.43. The molecule has 2 amide bonds. The Morgan fingerprint density at radius 3 is 3.00 bits per heavy atom. The maximum Gasteiger partial charge on any atom is 0.267 e. The van der Waals surface area contributed by atoms with Crippen molar-refractivity contribution in [3.8, 4) is 0 Å². The first-order valence-corrected chi connectivity index (χ1v) is 5.92. The van der Waals surface area contributed by atoms with Crippen molar-refractivity contribution < 1.29 is 14.3 Å². The van der Waals surface area contributed by atoms with Crippen LogP contribution in [-0.2, 0) is 14.3 Å². The number of nitrogens with one attached hydrogen (secondary N) is 2. The van der Waals surface area contributed by atoms with E-state index in [0.29, 0.717) is 31.0 Å². The topological polar surface area (TPSA) is 79.8 Å². The Hall–Kier alpha value is -1.43. The predicted octanol–water partition coefficient (Wildman–Crippen LogP) is -0.206. The number of ether oxygens (including phenoxy) is 1. The summed E-state index contributed by atoms with van der Waals surface area (Å²) in [6, 6.07) is 0. The highest BCUT2D eigenvalue weighted by molar-refractivity contribution is 6.39. The molecule has 2 unspecified atom stereocenters. The van der Waals surface area contributed by atoms with Crippen molar-refractivity contribution in [1.82, 2.24) is 10.7 Å². The van der Waals surface area contributed by atoms with Gasteiger partial charge in [0.05, 0.1) is 6.10 Å². The first-order chi connectivity index (χ1) is 8.16. The molecule has 0 aliphatic carbocycles. The summed E-state index contributed by atoms with van der Waals surface area (Å²) in [7, 11) is 0. The van der Waals surface area contributed by atoms with Crippen LogP contribution in [0, 0.1) is 5.92 Å². The average Bonchev–Trinajstić information content (AvgIpc) is 2.73. The van der Waals surface area contributed by atoms with E-state index in [4.69, 9.17) is 4.74 Å². The molecule has 6 heteroatoms. The number of rotatable bonds is 3. The van der Waals surface area contributed by atoms with Crippen LogP contribution in [-0.4, -0.2) is 36.8 Å². The fraction of sp³-hybridized carbons (Fsp3) is 0.727. The van der Waals surface area contributed by atoms with Crippen LogP contribution < -0.4 is 10.7 Å². The van der Waals surface area contributed by atoms with Crippen LogP contribution in [0.25, 0.3) is 0 Å². The summed E-state index contributed by atoms with van der Waals surface area (Å²) in [6.07, 6.45) is 1.91. The molecule has 0 aromatic carbocycles. The van der Waals surface area contributed by atoms with Crippen molar-refractivity contribution in [1.29, 1.82) is 0 Å². The summed E-state index contributed by atoms with van der Waals surface area (Å²) in [4.78, 5) is 22.6. The normalized spacial score (nSPS) is 28.5. The molecule has 0 saturated carbocycles. The molecule has 0 aromatic heterocycles. The molecule has 94 valence electrons. The van der Waals surface area contributed by atoms with E-state index in [1.54, 1.807) is 0 Å². The zero-order chi connectivity index (χ0) is 12.3. The number of hydrazone groups is 1. The highest BCUT2D eigenvalue weighted by Gasteiger charge is 2.25. The van der Waals surface area contributed by atoms with Gasteiger partial charge in [0.25, 0.3) is 5.91 Å². The second-order valence-electron chi connectivity index (χ2n) is 4.43. The van der Waals surface area contributed by atoms with E-state index >= 15 is 0 Å². The molecule has 2 N–H and O–H groups in total. The number of hydrogen-bond donors (Lipinski definition) is 2. The van der Waals surface area contributed by atoms with Crippen LogP contribution in [0.2, 0.25) is 0 Å². The number of hydrogen-bond acceptors (Lipinski definition) is 4. The van der Waals surface area contributed by atoms with Crippen LogP contribution in [0.1, 0.15) is 26.2 Å². The van der Waals surface area contributed by atoms with E-state index in [2.05, 4.69) is 15.8 Å². The highest BCUT2D eigenvalue weighted by atomic mass is 16.5. The quantitative estimate of drug-likeness (QED) is 0.715. The van der Waals surface area contributed by atoms with E-state index in [0.717, 1.165) is 13.0 Å². The van der Waals surface area contributed by atoms with E-state index in [1.807, 2.05) is 6.92 Å². The Kier molecular flexibility index (Phi) is 3.73. The van der Waals surface area contributed by atoms with Gasteiger partial charge in [-0.2, -0.15) is 5.10 Å². The van der Waals surface area contributed by atoms with Crippen LogP contribution in [0.15, 0.2) is 5.10 Å². The number of carbonyl (C=O) groups is 2. The van der Waals surface area contributed by atoms with Crippen molar-refractivity contribution in [2.45, 2.75) is 32.3 Å². The second kappa shape index (κ2) is 5.27. The third kappa shape index (κ3) is 3.03. The Balaban J connectivity index is 1.79. The van der Waals surface area contributed by atoms with Crippen molar-refractivity contribution in [3.05, 3.63) is 0 Å². The van der Waals surface area contributed by atoms with Gasteiger partial charge in [0.1, 0.15) is 5.71 Å². The van der Waals surface area contributed by atoms with E-state index in [-0.39, 0.29) is 17.9 Å². The molecule has 2 atom stereocenters. The smallest absolute Gasteiger partial charge is 0.267 e. The summed E-state index contributed by atoms with van der Waals surface area (Å²) < 4.78 is 5.42. The fourth-order valence-corrected chi connectivity index (χ4v) is 2.01. The molecule has 2 aliphatic rings. The minimum Gasteiger partial charge on any atom is -0.378 e.